The highest BCUT2D eigenvalue weighted by Gasteiger charge is 2.19. The monoisotopic (exact) mass is 309 g/mol. The third-order valence-corrected chi connectivity index (χ3v) is 3.90. The molecule has 21 heavy (non-hydrogen) atoms. The zero-order chi connectivity index (χ0) is 15.6. The van der Waals surface area contributed by atoms with E-state index < -0.39 is 33.1 Å². The second-order valence-corrected chi connectivity index (χ2v) is 5.77. The molecule has 0 fully saturated rings. The van der Waals surface area contributed by atoms with Crippen LogP contribution >= 0.6 is 0 Å². The minimum atomic E-state index is -4.20. The second-order valence-electron chi connectivity index (χ2n) is 4.22. The minimum Gasteiger partial charge on any atom is -0.379 e. The first-order valence-electron chi connectivity index (χ1n) is 5.74. The van der Waals surface area contributed by atoms with Gasteiger partial charge in [0.1, 0.15) is 33.9 Å². The van der Waals surface area contributed by atoms with Crippen molar-refractivity contribution in [3.05, 3.63) is 59.2 Å². The van der Waals surface area contributed by atoms with E-state index in [2.05, 4.69) is 4.18 Å². The molecule has 0 heterocycles. The number of halogens is 2. The molecule has 7 heteroatoms. The summed E-state index contributed by atoms with van der Waals surface area (Å²) in [7, 11) is -4.20. The van der Waals surface area contributed by atoms with E-state index >= 15 is 0 Å². The highest BCUT2D eigenvalue weighted by atomic mass is 32.2. The number of nitrogens with zero attached hydrogens (tertiary/aromatic N) is 1. The maximum Gasteiger partial charge on any atom is 0.339 e. The zero-order valence-electron chi connectivity index (χ0n) is 10.8. The first-order valence-corrected chi connectivity index (χ1v) is 7.14. The third-order valence-electron chi connectivity index (χ3n) is 2.64. The Balaban J connectivity index is 2.38. The molecule has 2 aromatic rings. The quantitative estimate of drug-likeness (QED) is 0.818. The molecule has 2 rings (SSSR count). The van der Waals surface area contributed by atoms with Crippen LogP contribution in [0.2, 0.25) is 0 Å². The van der Waals surface area contributed by atoms with Crippen molar-refractivity contribution in [1.29, 1.82) is 5.26 Å². The average Bonchev–Trinajstić information content (AvgIpc) is 2.38. The van der Waals surface area contributed by atoms with Crippen molar-refractivity contribution in [2.24, 2.45) is 0 Å². The van der Waals surface area contributed by atoms with E-state index in [1.807, 2.05) is 0 Å². The van der Waals surface area contributed by atoms with Gasteiger partial charge in [-0.2, -0.15) is 13.7 Å². The summed E-state index contributed by atoms with van der Waals surface area (Å²) in [6.45, 7) is 1.78. The fraction of sp³-hybridized carbons (Fsp3) is 0.0714. The maximum absolute atomic E-state index is 13.4. The molecule has 0 N–H and O–H groups in total. The molecule has 0 aliphatic carbocycles. The van der Waals surface area contributed by atoms with Gasteiger partial charge in [0.05, 0.1) is 0 Å². The molecule has 0 aliphatic rings. The van der Waals surface area contributed by atoms with Crippen molar-refractivity contribution in [3.63, 3.8) is 0 Å². The smallest absolute Gasteiger partial charge is 0.339 e. The Labute approximate surface area is 120 Å². The number of aryl methyl sites for hydroxylation is 1. The van der Waals surface area contributed by atoms with Crippen LogP contribution in [0.15, 0.2) is 41.3 Å². The molecular formula is C14H9F2NO3S. The molecule has 0 spiro atoms. The van der Waals surface area contributed by atoms with Gasteiger partial charge in [0.15, 0.2) is 0 Å². The standard InChI is InChI=1S/C14H9F2NO3S/c1-9-2-4-11(5-3-9)21(18,19)20-10-6-13(15)12(8-17)14(16)7-10/h2-7H,1H3. The Morgan fingerprint density at radius 3 is 2.10 bits per heavy atom. The molecule has 2 aromatic carbocycles. The van der Waals surface area contributed by atoms with Crippen molar-refractivity contribution in [3.8, 4) is 11.8 Å². The molecule has 0 aliphatic heterocycles. The van der Waals surface area contributed by atoms with Crippen LogP contribution in [0.1, 0.15) is 11.1 Å². The lowest BCUT2D eigenvalue weighted by Crippen LogP contribution is -2.10. The van der Waals surface area contributed by atoms with Gasteiger partial charge >= 0.3 is 10.1 Å². The Bertz CT molecular complexity index is 801. The Hall–Kier alpha value is -2.46. The Kier molecular flexibility index (Phi) is 3.91. The highest BCUT2D eigenvalue weighted by molar-refractivity contribution is 7.87. The summed E-state index contributed by atoms with van der Waals surface area (Å²) < 4.78 is 55.4. The van der Waals surface area contributed by atoms with Gasteiger partial charge in [-0.3, -0.25) is 0 Å². The van der Waals surface area contributed by atoms with Gasteiger partial charge in [-0.25, -0.2) is 8.78 Å². The number of benzene rings is 2. The van der Waals surface area contributed by atoms with Gasteiger partial charge in [0.2, 0.25) is 0 Å². The Morgan fingerprint density at radius 1 is 1.10 bits per heavy atom. The van der Waals surface area contributed by atoms with Crippen molar-refractivity contribution < 1.29 is 21.4 Å². The molecule has 0 aromatic heterocycles. The topological polar surface area (TPSA) is 67.2 Å². The van der Waals surface area contributed by atoms with Gasteiger partial charge in [-0.15, -0.1) is 0 Å². The molecular weight excluding hydrogens is 300 g/mol. The summed E-state index contributed by atoms with van der Waals surface area (Å²) in [4.78, 5) is -0.140. The molecule has 4 nitrogen and oxygen atoms in total. The van der Waals surface area contributed by atoms with Crippen LogP contribution in [-0.4, -0.2) is 8.42 Å². The maximum atomic E-state index is 13.4. The van der Waals surface area contributed by atoms with E-state index in [9.17, 15) is 17.2 Å². The highest BCUT2D eigenvalue weighted by Crippen LogP contribution is 2.23. The number of rotatable bonds is 3. The van der Waals surface area contributed by atoms with E-state index in [0.717, 1.165) is 5.56 Å². The van der Waals surface area contributed by atoms with Crippen molar-refractivity contribution in [2.75, 3.05) is 0 Å². The number of hydrogen-bond donors (Lipinski definition) is 0. The van der Waals surface area contributed by atoms with E-state index in [1.165, 1.54) is 18.2 Å². The molecule has 0 atom stereocenters. The molecule has 0 unspecified atom stereocenters. The van der Waals surface area contributed by atoms with Crippen molar-refractivity contribution >= 4 is 10.1 Å². The largest absolute Gasteiger partial charge is 0.379 e. The summed E-state index contributed by atoms with van der Waals surface area (Å²) in [6.07, 6.45) is 0. The summed E-state index contributed by atoms with van der Waals surface area (Å²) in [5, 5.41) is 8.54. The van der Waals surface area contributed by atoms with Crippen LogP contribution in [0, 0.1) is 29.9 Å². The molecule has 0 amide bonds. The normalized spacial score (nSPS) is 11.0. The molecule has 0 bridgehead atoms. The zero-order valence-corrected chi connectivity index (χ0v) is 11.6. The fourth-order valence-electron chi connectivity index (χ4n) is 1.58. The van der Waals surface area contributed by atoms with Crippen LogP contribution in [0.4, 0.5) is 8.78 Å². The average molecular weight is 309 g/mol. The van der Waals surface area contributed by atoms with Gasteiger partial charge in [0.25, 0.3) is 0 Å². The summed E-state index contributed by atoms with van der Waals surface area (Å²) >= 11 is 0. The summed E-state index contributed by atoms with van der Waals surface area (Å²) in [5.74, 6) is -2.91. The van der Waals surface area contributed by atoms with Crippen LogP contribution in [-0.2, 0) is 10.1 Å². The second kappa shape index (κ2) is 5.50. The predicted molar refractivity (Wildman–Crippen MR) is 70.1 cm³/mol. The van der Waals surface area contributed by atoms with E-state index in [-0.39, 0.29) is 4.90 Å². The van der Waals surface area contributed by atoms with Gasteiger partial charge in [-0.1, -0.05) is 17.7 Å². The van der Waals surface area contributed by atoms with Crippen LogP contribution < -0.4 is 4.18 Å². The first kappa shape index (κ1) is 14.9. The number of nitriles is 1. The SMILES string of the molecule is Cc1ccc(S(=O)(=O)Oc2cc(F)c(C#N)c(F)c2)cc1. The van der Waals surface area contributed by atoms with E-state index in [0.29, 0.717) is 12.1 Å². The third kappa shape index (κ3) is 3.17. The van der Waals surface area contributed by atoms with Gasteiger partial charge in [0, 0.05) is 12.1 Å². The fourth-order valence-corrected chi connectivity index (χ4v) is 2.50. The van der Waals surface area contributed by atoms with Crippen LogP contribution in [0.5, 0.6) is 5.75 Å². The predicted octanol–water partition coefficient (Wildman–Crippen LogP) is 2.91. The minimum absolute atomic E-state index is 0.140. The van der Waals surface area contributed by atoms with Gasteiger partial charge in [-0.05, 0) is 19.1 Å². The molecule has 0 radical (unpaired) electrons. The van der Waals surface area contributed by atoms with Crippen molar-refractivity contribution in [2.45, 2.75) is 11.8 Å². The lowest BCUT2D eigenvalue weighted by molar-refractivity contribution is 0.478. The molecule has 0 saturated heterocycles. The van der Waals surface area contributed by atoms with Crippen LogP contribution in [0.25, 0.3) is 0 Å². The lowest BCUT2D eigenvalue weighted by atomic mass is 10.2. The van der Waals surface area contributed by atoms with Crippen LogP contribution in [0.3, 0.4) is 0 Å². The summed E-state index contributed by atoms with van der Waals surface area (Å²) in [5.41, 5.74) is 0.0551. The van der Waals surface area contributed by atoms with Gasteiger partial charge < -0.3 is 4.18 Å². The lowest BCUT2D eigenvalue weighted by Gasteiger charge is -2.08. The molecule has 0 saturated carbocycles. The van der Waals surface area contributed by atoms with Crippen molar-refractivity contribution in [1.82, 2.24) is 0 Å². The van der Waals surface area contributed by atoms with E-state index in [4.69, 9.17) is 5.26 Å². The first-order chi connectivity index (χ1) is 9.83. The van der Waals surface area contributed by atoms with E-state index in [1.54, 1.807) is 19.1 Å². The molecule has 108 valence electrons. The summed E-state index contributed by atoms with van der Waals surface area (Å²) in [6, 6.07) is 8.40. The number of hydrogen-bond acceptors (Lipinski definition) is 4. The Morgan fingerprint density at radius 2 is 1.62 bits per heavy atom.